The molecule has 2 unspecified atom stereocenters. The molecule has 0 spiro atoms. The molecule has 0 amide bonds. The molecular formula is C7H10ClNS. The first kappa shape index (κ1) is 8.02. The van der Waals surface area contributed by atoms with Crippen molar-refractivity contribution in [2.45, 2.75) is 25.1 Å². The molecule has 0 N–H and O–H groups in total. The highest BCUT2D eigenvalue weighted by Crippen LogP contribution is 2.24. The van der Waals surface area contributed by atoms with Gasteiger partial charge in [-0.25, -0.2) is 4.37 Å². The third-order valence-corrected chi connectivity index (χ3v) is 2.92. The maximum atomic E-state index is 5.90. The Morgan fingerprint density at radius 1 is 1.60 bits per heavy atom. The number of rotatable bonds is 2. The summed E-state index contributed by atoms with van der Waals surface area (Å²) >= 11 is 7.42. The molecule has 0 aliphatic rings. The number of alkyl halides is 1. The van der Waals surface area contributed by atoms with Crippen LogP contribution in [0.1, 0.15) is 24.6 Å². The summed E-state index contributed by atoms with van der Waals surface area (Å²) in [6, 6.07) is 2.02. The second-order valence-electron chi connectivity index (χ2n) is 2.38. The molecule has 1 heterocycles. The third kappa shape index (κ3) is 1.70. The van der Waals surface area contributed by atoms with Gasteiger partial charge in [-0.15, -0.1) is 11.6 Å². The van der Waals surface area contributed by atoms with Gasteiger partial charge in [0.1, 0.15) is 0 Å². The second-order valence-corrected chi connectivity index (χ2v) is 3.93. The van der Waals surface area contributed by atoms with Gasteiger partial charge in [-0.2, -0.15) is 0 Å². The predicted octanol–water partition coefficient (Wildman–Crippen LogP) is 2.87. The number of nitrogens with zero attached hydrogens (tertiary/aromatic N) is 1. The minimum absolute atomic E-state index is 0.195. The fraction of sp³-hybridized carbons (Fsp3) is 0.571. The molecule has 56 valence electrons. The lowest BCUT2D eigenvalue weighted by Crippen LogP contribution is -2.02. The van der Waals surface area contributed by atoms with Crippen LogP contribution in [0.15, 0.2) is 12.3 Å². The van der Waals surface area contributed by atoms with Crippen molar-refractivity contribution in [3.05, 3.63) is 17.1 Å². The average Bonchev–Trinajstić information content (AvgIpc) is 2.36. The Bertz CT molecular complexity index is 183. The van der Waals surface area contributed by atoms with Gasteiger partial charge in [-0.05, 0) is 24.5 Å². The van der Waals surface area contributed by atoms with E-state index in [1.165, 1.54) is 16.4 Å². The fourth-order valence-corrected chi connectivity index (χ4v) is 1.63. The third-order valence-electron chi connectivity index (χ3n) is 1.60. The van der Waals surface area contributed by atoms with Gasteiger partial charge in [0, 0.05) is 22.4 Å². The average molecular weight is 176 g/mol. The Hall–Kier alpha value is -0.0800. The summed E-state index contributed by atoms with van der Waals surface area (Å²) in [5, 5.41) is 0.195. The first-order chi connectivity index (χ1) is 4.72. The first-order valence-corrected chi connectivity index (χ1v) is 4.47. The summed E-state index contributed by atoms with van der Waals surface area (Å²) in [4.78, 5) is 1.27. The van der Waals surface area contributed by atoms with E-state index < -0.39 is 0 Å². The highest BCUT2D eigenvalue weighted by molar-refractivity contribution is 7.05. The Kier molecular flexibility index (Phi) is 2.69. The second kappa shape index (κ2) is 3.35. The summed E-state index contributed by atoms with van der Waals surface area (Å²) in [7, 11) is 0. The van der Waals surface area contributed by atoms with E-state index in [1.807, 2.05) is 19.2 Å². The van der Waals surface area contributed by atoms with E-state index in [1.54, 1.807) is 0 Å². The van der Waals surface area contributed by atoms with Crippen molar-refractivity contribution in [3.63, 3.8) is 0 Å². The van der Waals surface area contributed by atoms with Crippen LogP contribution in [0.4, 0.5) is 0 Å². The molecule has 3 heteroatoms. The molecule has 0 aliphatic carbocycles. The largest absolute Gasteiger partial charge is 0.201 e. The van der Waals surface area contributed by atoms with Crippen molar-refractivity contribution >= 4 is 23.1 Å². The minimum atomic E-state index is 0.195. The molecule has 1 rings (SSSR count). The van der Waals surface area contributed by atoms with Crippen LogP contribution in [0.2, 0.25) is 0 Å². The van der Waals surface area contributed by atoms with Crippen molar-refractivity contribution in [1.29, 1.82) is 0 Å². The highest BCUT2D eigenvalue weighted by atomic mass is 35.5. The first-order valence-electron chi connectivity index (χ1n) is 3.26. The maximum Gasteiger partial charge on any atom is 0.0409 e. The molecule has 0 bridgehead atoms. The van der Waals surface area contributed by atoms with E-state index in [0.29, 0.717) is 5.92 Å². The van der Waals surface area contributed by atoms with Crippen LogP contribution in [-0.4, -0.2) is 9.75 Å². The van der Waals surface area contributed by atoms with Crippen LogP contribution >= 0.6 is 23.1 Å². The van der Waals surface area contributed by atoms with Gasteiger partial charge < -0.3 is 0 Å². The monoisotopic (exact) mass is 175 g/mol. The molecule has 0 fully saturated rings. The van der Waals surface area contributed by atoms with E-state index in [9.17, 15) is 0 Å². The smallest absolute Gasteiger partial charge is 0.0409 e. The van der Waals surface area contributed by atoms with Crippen molar-refractivity contribution < 1.29 is 0 Å². The van der Waals surface area contributed by atoms with Crippen molar-refractivity contribution in [2.75, 3.05) is 0 Å². The van der Waals surface area contributed by atoms with Crippen LogP contribution in [0.25, 0.3) is 0 Å². The molecule has 0 saturated carbocycles. The van der Waals surface area contributed by atoms with E-state index in [2.05, 4.69) is 11.3 Å². The summed E-state index contributed by atoms with van der Waals surface area (Å²) in [5.41, 5.74) is 0. The molecule has 10 heavy (non-hydrogen) atoms. The topological polar surface area (TPSA) is 12.9 Å². The normalized spacial score (nSPS) is 16.7. The fourth-order valence-electron chi connectivity index (χ4n) is 0.687. The number of halogens is 1. The van der Waals surface area contributed by atoms with Gasteiger partial charge >= 0.3 is 0 Å². The standard InChI is InChI=1S/C7H10ClNS/c1-5(6(2)8)7-3-4-9-10-7/h3-6H,1-2H3. The maximum absolute atomic E-state index is 5.90. The van der Waals surface area contributed by atoms with Gasteiger partial charge in [0.2, 0.25) is 0 Å². The Morgan fingerprint density at radius 3 is 2.70 bits per heavy atom. The quantitative estimate of drug-likeness (QED) is 0.630. The van der Waals surface area contributed by atoms with Crippen LogP contribution in [0.5, 0.6) is 0 Å². The van der Waals surface area contributed by atoms with Crippen LogP contribution in [-0.2, 0) is 0 Å². The molecule has 1 aromatic rings. The molecule has 0 aromatic carbocycles. The van der Waals surface area contributed by atoms with Crippen molar-refractivity contribution in [3.8, 4) is 0 Å². The lowest BCUT2D eigenvalue weighted by Gasteiger charge is -2.09. The molecule has 1 nitrogen and oxygen atoms in total. The molecule has 0 saturated heterocycles. The van der Waals surface area contributed by atoms with Gasteiger partial charge in [0.05, 0.1) is 0 Å². The molecule has 0 radical (unpaired) electrons. The van der Waals surface area contributed by atoms with E-state index >= 15 is 0 Å². The zero-order valence-electron chi connectivity index (χ0n) is 6.04. The van der Waals surface area contributed by atoms with Gasteiger partial charge in [0.25, 0.3) is 0 Å². The molecule has 2 atom stereocenters. The summed E-state index contributed by atoms with van der Waals surface area (Å²) in [6.07, 6.45) is 1.82. The van der Waals surface area contributed by atoms with Gasteiger partial charge in [0.15, 0.2) is 0 Å². The van der Waals surface area contributed by atoms with Crippen LogP contribution in [0, 0.1) is 0 Å². The van der Waals surface area contributed by atoms with Crippen LogP contribution < -0.4 is 0 Å². The summed E-state index contributed by atoms with van der Waals surface area (Å²) in [5.74, 6) is 0.425. The zero-order valence-corrected chi connectivity index (χ0v) is 7.62. The predicted molar refractivity (Wildman–Crippen MR) is 45.8 cm³/mol. The number of hydrogen-bond donors (Lipinski definition) is 0. The summed E-state index contributed by atoms with van der Waals surface area (Å²) < 4.78 is 4.01. The highest BCUT2D eigenvalue weighted by Gasteiger charge is 2.12. The lowest BCUT2D eigenvalue weighted by atomic mass is 10.1. The molecule has 0 aliphatic heterocycles. The van der Waals surface area contributed by atoms with Gasteiger partial charge in [-0.1, -0.05) is 6.92 Å². The number of hydrogen-bond acceptors (Lipinski definition) is 2. The van der Waals surface area contributed by atoms with E-state index in [4.69, 9.17) is 11.6 Å². The Labute approximate surface area is 70.2 Å². The van der Waals surface area contributed by atoms with Crippen molar-refractivity contribution in [1.82, 2.24) is 4.37 Å². The van der Waals surface area contributed by atoms with E-state index in [-0.39, 0.29) is 5.38 Å². The Morgan fingerprint density at radius 2 is 2.30 bits per heavy atom. The van der Waals surface area contributed by atoms with Gasteiger partial charge in [-0.3, -0.25) is 0 Å². The molecule has 1 aromatic heterocycles. The van der Waals surface area contributed by atoms with Crippen molar-refractivity contribution in [2.24, 2.45) is 0 Å². The zero-order chi connectivity index (χ0) is 7.56. The minimum Gasteiger partial charge on any atom is -0.201 e. The van der Waals surface area contributed by atoms with E-state index in [0.717, 1.165) is 0 Å². The molecular weight excluding hydrogens is 166 g/mol. The lowest BCUT2D eigenvalue weighted by molar-refractivity contribution is 0.757. The Balaban J connectivity index is 2.68. The SMILES string of the molecule is CC(Cl)C(C)c1ccns1. The number of aromatic nitrogens is 1. The van der Waals surface area contributed by atoms with Crippen LogP contribution in [0.3, 0.4) is 0 Å². The summed E-state index contributed by atoms with van der Waals surface area (Å²) in [6.45, 7) is 4.12.